The van der Waals surface area contributed by atoms with E-state index in [9.17, 15) is 0 Å². The van der Waals surface area contributed by atoms with Crippen LogP contribution in [0.25, 0.3) is 0 Å². The van der Waals surface area contributed by atoms with Crippen molar-refractivity contribution in [3.63, 3.8) is 0 Å². The predicted molar refractivity (Wildman–Crippen MR) is 85.6 cm³/mol. The fourth-order valence-electron chi connectivity index (χ4n) is 3.09. The van der Waals surface area contributed by atoms with Gasteiger partial charge in [-0.2, -0.15) is 0 Å². The van der Waals surface area contributed by atoms with Crippen LogP contribution in [0.5, 0.6) is 0 Å². The Balaban J connectivity index is 2.82. The van der Waals surface area contributed by atoms with E-state index >= 15 is 0 Å². The fourth-order valence-corrected chi connectivity index (χ4v) is 3.09. The molecule has 1 N–H and O–H groups in total. The minimum atomic E-state index is 0.613. The molecule has 2 atom stereocenters. The first-order chi connectivity index (χ1) is 9.26. The molecule has 0 saturated heterocycles. The molecule has 1 aromatic carbocycles. The highest BCUT2D eigenvalue weighted by molar-refractivity contribution is 5.21. The van der Waals surface area contributed by atoms with E-state index in [-0.39, 0.29) is 0 Å². The molecule has 1 rings (SSSR count). The number of hydrogen-bond acceptors (Lipinski definition) is 1. The van der Waals surface area contributed by atoms with E-state index < -0.39 is 0 Å². The van der Waals surface area contributed by atoms with Crippen LogP contribution in [0.2, 0.25) is 0 Å². The summed E-state index contributed by atoms with van der Waals surface area (Å²) in [5.74, 6) is 1.49. The van der Waals surface area contributed by atoms with Gasteiger partial charge in [0.2, 0.25) is 0 Å². The Kier molecular flexibility index (Phi) is 7.81. The molecule has 2 unspecified atom stereocenters. The van der Waals surface area contributed by atoms with Gasteiger partial charge in [0.1, 0.15) is 0 Å². The molecule has 0 fully saturated rings. The molecule has 108 valence electrons. The topological polar surface area (TPSA) is 12.0 Å². The molecule has 0 spiro atoms. The van der Waals surface area contributed by atoms with Crippen LogP contribution in [-0.4, -0.2) is 12.6 Å². The summed E-state index contributed by atoms with van der Waals surface area (Å²) in [7, 11) is 0. The minimum Gasteiger partial charge on any atom is -0.314 e. The van der Waals surface area contributed by atoms with Crippen molar-refractivity contribution in [2.75, 3.05) is 6.54 Å². The number of benzene rings is 1. The maximum atomic E-state index is 3.73. The Bertz CT molecular complexity index is 316. The lowest BCUT2D eigenvalue weighted by Gasteiger charge is -2.30. The summed E-state index contributed by atoms with van der Waals surface area (Å²) >= 11 is 0. The van der Waals surface area contributed by atoms with Gasteiger partial charge in [-0.15, -0.1) is 0 Å². The van der Waals surface area contributed by atoms with Gasteiger partial charge in [-0.05, 0) is 36.8 Å². The lowest BCUT2D eigenvalue weighted by molar-refractivity contribution is 0.326. The zero-order chi connectivity index (χ0) is 14.1. The van der Waals surface area contributed by atoms with E-state index in [4.69, 9.17) is 0 Å². The van der Waals surface area contributed by atoms with Gasteiger partial charge in [0.25, 0.3) is 0 Å². The minimum absolute atomic E-state index is 0.613. The van der Waals surface area contributed by atoms with Crippen molar-refractivity contribution in [3.8, 4) is 0 Å². The molecule has 0 aliphatic carbocycles. The molecule has 1 heteroatoms. The highest BCUT2D eigenvalue weighted by atomic mass is 14.9. The summed E-state index contributed by atoms with van der Waals surface area (Å²) in [6, 6.07) is 11.6. The molecule has 0 amide bonds. The van der Waals surface area contributed by atoms with Gasteiger partial charge in [-0.25, -0.2) is 0 Å². The largest absolute Gasteiger partial charge is 0.314 e. The predicted octanol–water partition coefficient (Wildman–Crippen LogP) is 4.98. The summed E-state index contributed by atoms with van der Waals surface area (Å²) < 4.78 is 0. The molecular weight excluding hydrogens is 230 g/mol. The Morgan fingerprint density at radius 2 is 1.53 bits per heavy atom. The number of likely N-dealkylation sites (N-methyl/N-ethyl adjacent to an activating group) is 1. The van der Waals surface area contributed by atoms with E-state index in [1.807, 2.05) is 0 Å². The van der Waals surface area contributed by atoms with Gasteiger partial charge >= 0.3 is 0 Å². The molecular formula is C18H31N. The van der Waals surface area contributed by atoms with Crippen LogP contribution in [0.3, 0.4) is 0 Å². The average molecular weight is 261 g/mol. The first-order valence-electron chi connectivity index (χ1n) is 8.04. The van der Waals surface area contributed by atoms with E-state index in [0.29, 0.717) is 12.0 Å². The summed E-state index contributed by atoms with van der Waals surface area (Å²) in [5.41, 5.74) is 1.49. The number of rotatable bonds is 9. The molecule has 19 heavy (non-hydrogen) atoms. The van der Waals surface area contributed by atoms with Gasteiger partial charge in [-0.1, -0.05) is 70.9 Å². The van der Waals surface area contributed by atoms with E-state index in [1.54, 1.807) is 0 Å². The van der Waals surface area contributed by atoms with Crippen LogP contribution in [0.4, 0.5) is 0 Å². The summed E-state index contributed by atoms with van der Waals surface area (Å²) in [5, 5.41) is 3.73. The van der Waals surface area contributed by atoms with Gasteiger partial charge in [0.05, 0.1) is 0 Å². The maximum Gasteiger partial charge on any atom is 0.0138 e. The normalized spacial score (nSPS) is 14.6. The van der Waals surface area contributed by atoms with Crippen LogP contribution in [0, 0.1) is 5.92 Å². The van der Waals surface area contributed by atoms with Crippen molar-refractivity contribution >= 4 is 0 Å². The SMILES string of the molecule is CCNC(CC(CC)CC)C(CC)c1ccccc1. The maximum absolute atomic E-state index is 3.73. The summed E-state index contributed by atoms with van der Waals surface area (Å²) in [6.07, 6.45) is 5.10. The van der Waals surface area contributed by atoms with Crippen LogP contribution >= 0.6 is 0 Å². The molecule has 0 aliphatic heterocycles. The van der Waals surface area contributed by atoms with Crippen molar-refractivity contribution in [1.29, 1.82) is 0 Å². The van der Waals surface area contributed by atoms with Gasteiger partial charge in [0, 0.05) is 6.04 Å². The number of nitrogens with one attached hydrogen (secondary N) is 1. The van der Waals surface area contributed by atoms with E-state index in [0.717, 1.165) is 12.5 Å². The van der Waals surface area contributed by atoms with E-state index in [2.05, 4.69) is 63.3 Å². The molecule has 0 aromatic heterocycles. The van der Waals surface area contributed by atoms with Crippen LogP contribution < -0.4 is 5.32 Å². The van der Waals surface area contributed by atoms with Gasteiger partial charge in [-0.3, -0.25) is 0 Å². The molecule has 1 nitrogen and oxygen atoms in total. The quantitative estimate of drug-likeness (QED) is 0.660. The first kappa shape index (κ1) is 16.2. The van der Waals surface area contributed by atoms with E-state index in [1.165, 1.54) is 31.2 Å². The van der Waals surface area contributed by atoms with Gasteiger partial charge < -0.3 is 5.32 Å². The van der Waals surface area contributed by atoms with Crippen molar-refractivity contribution in [2.45, 2.75) is 65.3 Å². The fraction of sp³-hybridized carbons (Fsp3) is 0.667. The Morgan fingerprint density at radius 3 is 2.00 bits per heavy atom. The van der Waals surface area contributed by atoms with Crippen molar-refractivity contribution < 1.29 is 0 Å². The average Bonchev–Trinajstić information content (AvgIpc) is 2.46. The van der Waals surface area contributed by atoms with Gasteiger partial charge in [0.15, 0.2) is 0 Å². The highest BCUT2D eigenvalue weighted by Gasteiger charge is 2.23. The lowest BCUT2D eigenvalue weighted by atomic mass is 9.82. The second kappa shape index (κ2) is 9.14. The second-order valence-electron chi connectivity index (χ2n) is 5.51. The van der Waals surface area contributed by atoms with Crippen molar-refractivity contribution in [2.24, 2.45) is 5.92 Å². The summed E-state index contributed by atoms with van der Waals surface area (Å²) in [4.78, 5) is 0. The molecule has 0 bridgehead atoms. The molecule has 0 saturated carbocycles. The Hall–Kier alpha value is -0.820. The third-order valence-corrected chi connectivity index (χ3v) is 4.36. The van der Waals surface area contributed by atoms with Crippen LogP contribution in [0.1, 0.15) is 64.9 Å². The third kappa shape index (κ3) is 4.99. The molecule has 0 radical (unpaired) electrons. The molecule has 0 aliphatic rings. The lowest BCUT2D eigenvalue weighted by Crippen LogP contribution is -2.36. The molecule has 1 aromatic rings. The highest BCUT2D eigenvalue weighted by Crippen LogP contribution is 2.28. The zero-order valence-corrected chi connectivity index (χ0v) is 13.2. The summed E-state index contributed by atoms with van der Waals surface area (Å²) in [6.45, 7) is 10.2. The Morgan fingerprint density at radius 1 is 0.895 bits per heavy atom. The van der Waals surface area contributed by atoms with Crippen LogP contribution in [-0.2, 0) is 0 Å². The smallest absolute Gasteiger partial charge is 0.0138 e. The standard InChI is InChI=1S/C18H31N/c1-5-15(6-2)14-18(19-8-4)17(7-3)16-12-10-9-11-13-16/h9-13,15,17-19H,5-8,14H2,1-4H3. The van der Waals surface area contributed by atoms with Crippen molar-refractivity contribution in [3.05, 3.63) is 35.9 Å². The second-order valence-corrected chi connectivity index (χ2v) is 5.51. The monoisotopic (exact) mass is 261 g/mol. The first-order valence-corrected chi connectivity index (χ1v) is 8.04. The molecule has 0 heterocycles. The van der Waals surface area contributed by atoms with Crippen molar-refractivity contribution in [1.82, 2.24) is 5.32 Å². The Labute approximate surface area is 119 Å². The zero-order valence-electron chi connectivity index (χ0n) is 13.2. The number of hydrogen-bond donors (Lipinski definition) is 1. The third-order valence-electron chi connectivity index (χ3n) is 4.36. The van der Waals surface area contributed by atoms with Crippen LogP contribution in [0.15, 0.2) is 30.3 Å².